The van der Waals surface area contributed by atoms with Crippen molar-refractivity contribution < 1.29 is 9.47 Å². The van der Waals surface area contributed by atoms with Gasteiger partial charge in [0.1, 0.15) is 12.4 Å². The number of benzene rings is 1. The lowest BCUT2D eigenvalue weighted by Gasteiger charge is -2.06. The number of ether oxygens (including phenoxy) is 2. The molecular weight excluding hydrogens is 166 g/mol. The third kappa shape index (κ3) is 1.82. The van der Waals surface area contributed by atoms with Crippen molar-refractivity contribution in [2.24, 2.45) is 5.73 Å². The minimum atomic E-state index is 0.563. The van der Waals surface area contributed by atoms with Gasteiger partial charge in [-0.2, -0.15) is 0 Å². The molecule has 3 heteroatoms. The van der Waals surface area contributed by atoms with Gasteiger partial charge in [-0.25, -0.2) is 0 Å². The molecule has 0 radical (unpaired) electrons. The summed E-state index contributed by atoms with van der Waals surface area (Å²) in [5.74, 6) is 0.926. The van der Waals surface area contributed by atoms with Gasteiger partial charge in [0.05, 0.1) is 13.2 Å². The van der Waals surface area contributed by atoms with Gasteiger partial charge in [-0.3, -0.25) is 0 Å². The van der Waals surface area contributed by atoms with Gasteiger partial charge in [0.15, 0.2) is 0 Å². The highest BCUT2D eigenvalue weighted by atomic mass is 16.5. The van der Waals surface area contributed by atoms with Gasteiger partial charge in [-0.15, -0.1) is 0 Å². The summed E-state index contributed by atoms with van der Waals surface area (Å²) in [4.78, 5) is 0. The lowest BCUT2D eigenvalue weighted by atomic mass is 10.1. The SMILES string of the molecule is NCc1ccc2c(c1)COCCO2. The molecule has 2 rings (SSSR count). The van der Waals surface area contributed by atoms with E-state index in [0.29, 0.717) is 26.4 Å². The van der Waals surface area contributed by atoms with E-state index in [4.69, 9.17) is 15.2 Å². The summed E-state index contributed by atoms with van der Waals surface area (Å²) >= 11 is 0. The van der Waals surface area contributed by atoms with Gasteiger partial charge < -0.3 is 15.2 Å². The number of nitrogens with two attached hydrogens (primary N) is 1. The highest BCUT2D eigenvalue weighted by molar-refractivity contribution is 5.37. The summed E-state index contributed by atoms with van der Waals surface area (Å²) in [5.41, 5.74) is 7.76. The lowest BCUT2D eigenvalue weighted by Crippen LogP contribution is -2.01. The molecule has 0 aliphatic carbocycles. The number of hydrogen-bond acceptors (Lipinski definition) is 3. The second-order valence-corrected chi connectivity index (χ2v) is 3.05. The summed E-state index contributed by atoms with van der Waals surface area (Å²) in [6, 6.07) is 6.00. The standard InChI is InChI=1S/C10H13NO2/c11-6-8-1-2-10-9(5-8)7-12-3-4-13-10/h1-2,5H,3-4,6-7,11H2. The molecular formula is C10H13NO2. The van der Waals surface area contributed by atoms with Crippen LogP contribution in [0, 0.1) is 0 Å². The number of rotatable bonds is 1. The molecule has 1 heterocycles. The fraction of sp³-hybridized carbons (Fsp3) is 0.400. The molecule has 0 bridgehead atoms. The van der Waals surface area contributed by atoms with E-state index in [1.54, 1.807) is 0 Å². The van der Waals surface area contributed by atoms with Crippen molar-refractivity contribution in [1.82, 2.24) is 0 Å². The Hall–Kier alpha value is -1.06. The van der Waals surface area contributed by atoms with Crippen LogP contribution in [0.5, 0.6) is 5.75 Å². The van der Waals surface area contributed by atoms with Crippen molar-refractivity contribution in [2.75, 3.05) is 13.2 Å². The molecule has 13 heavy (non-hydrogen) atoms. The van der Waals surface area contributed by atoms with Crippen LogP contribution in [0.3, 0.4) is 0 Å². The minimum Gasteiger partial charge on any atom is -0.491 e. The van der Waals surface area contributed by atoms with E-state index >= 15 is 0 Å². The molecule has 0 spiro atoms. The average Bonchev–Trinajstić information content (AvgIpc) is 2.41. The molecule has 0 amide bonds. The van der Waals surface area contributed by atoms with Gasteiger partial charge in [0, 0.05) is 12.1 Å². The number of hydrogen-bond donors (Lipinski definition) is 1. The Morgan fingerprint density at radius 1 is 1.31 bits per heavy atom. The summed E-state index contributed by atoms with van der Waals surface area (Å²) < 4.78 is 10.8. The van der Waals surface area contributed by atoms with Crippen LogP contribution in [0.1, 0.15) is 11.1 Å². The molecule has 70 valence electrons. The van der Waals surface area contributed by atoms with Crippen molar-refractivity contribution in [3.8, 4) is 5.75 Å². The van der Waals surface area contributed by atoms with Gasteiger partial charge in [0.25, 0.3) is 0 Å². The normalized spacial score (nSPS) is 15.8. The Labute approximate surface area is 77.5 Å². The first-order chi connectivity index (χ1) is 6.40. The monoisotopic (exact) mass is 179 g/mol. The molecule has 1 aliphatic rings. The first kappa shape index (κ1) is 8.53. The summed E-state index contributed by atoms with van der Waals surface area (Å²) in [6.07, 6.45) is 0. The molecule has 1 aromatic carbocycles. The Kier molecular flexibility index (Phi) is 2.47. The molecule has 0 saturated carbocycles. The summed E-state index contributed by atoms with van der Waals surface area (Å²) in [5, 5.41) is 0. The van der Waals surface area contributed by atoms with Crippen LogP contribution < -0.4 is 10.5 Å². The van der Waals surface area contributed by atoms with Crippen LogP contribution in [0.4, 0.5) is 0 Å². The van der Waals surface area contributed by atoms with Crippen molar-refractivity contribution in [1.29, 1.82) is 0 Å². The van der Waals surface area contributed by atoms with E-state index in [1.807, 2.05) is 18.2 Å². The minimum absolute atomic E-state index is 0.563. The van der Waals surface area contributed by atoms with E-state index < -0.39 is 0 Å². The molecule has 0 saturated heterocycles. The highest BCUT2D eigenvalue weighted by Gasteiger charge is 2.08. The third-order valence-electron chi connectivity index (χ3n) is 2.10. The van der Waals surface area contributed by atoms with Crippen LogP contribution in [-0.2, 0) is 17.9 Å². The zero-order valence-corrected chi connectivity index (χ0v) is 7.45. The van der Waals surface area contributed by atoms with Crippen molar-refractivity contribution in [2.45, 2.75) is 13.2 Å². The maximum Gasteiger partial charge on any atom is 0.124 e. The van der Waals surface area contributed by atoms with E-state index in [2.05, 4.69) is 0 Å². The average molecular weight is 179 g/mol. The van der Waals surface area contributed by atoms with Crippen LogP contribution in [0.15, 0.2) is 18.2 Å². The van der Waals surface area contributed by atoms with Gasteiger partial charge in [0.2, 0.25) is 0 Å². The van der Waals surface area contributed by atoms with Crippen LogP contribution in [0.2, 0.25) is 0 Å². The van der Waals surface area contributed by atoms with Crippen molar-refractivity contribution in [3.05, 3.63) is 29.3 Å². The molecule has 2 N–H and O–H groups in total. The largest absolute Gasteiger partial charge is 0.491 e. The summed E-state index contributed by atoms with van der Waals surface area (Å²) in [7, 11) is 0. The molecule has 1 aromatic rings. The van der Waals surface area contributed by atoms with Crippen molar-refractivity contribution in [3.63, 3.8) is 0 Å². The number of fused-ring (bicyclic) bond motifs is 1. The molecule has 1 aliphatic heterocycles. The quantitative estimate of drug-likeness (QED) is 0.701. The van der Waals surface area contributed by atoms with Crippen molar-refractivity contribution >= 4 is 0 Å². The Morgan fingerprint density at radius 2 is 2.23 bits per heavy atom. The zero-order chi connectivity index (χ0) is 9.10. The Morgan fingerprint density at radius 3 is 3.08 bits per heavy atom. The van der Waals surface area contributed by atoms with E-state index in [-0.39, 0.29) is 0 Å². The van der Waals surface area contributed by atoms with E-state index in [9.17, 15) is 0 Å². The zero-order valence-electron chi connectivity index (χ0n) is 7.45. The highest BCUT2D eigenvalue weighted by Crippen LogP contribution is 2.22. The lowest BCUT2D eigenvalue weighted by molar-refractivity contribution is 0.107. The second kappa shape index (κ2) is 3.77. The first-order valence-electron chi connectivity index (χ1n) is 4.42. The van der Waals surface area contributed by atoms with Crippen LogP contribution >= 0.6 is 0 Å². The fourth-order valence-corrected chi connectivity index (χ4v) is 1.41. The Bertz CT molecular complexity index is 299. The summed E-state index contributed by atoms with van der Waals surface area (Å²) in [6.45, 7) is 2.48. The molecule has 0 fully saturated rings. The predicted molar refractivity (Wildman–Crippen MR) is 49.5 cm³/mol. The van der Waals surface area contributed by atoms with Crippen LogP contribution in [-0.4, -0.2) is 13.2 Å². The Balaban J connectivity index is 2.32. The molecule has 0 atom stereocenters. The molecule has 0 unspecified atom stereocenters. The fourth-order valence-electron chi connectivity index (χ4n) is 1.41. The van der Waals surface area contributed by atoms with Crippen LogP contribution in [0.25, 0.3) is 0 Å². The maximum absolute atomic E-state index is 5.54. The predicted octanol–water partition coefficient (Wildman–Crippen LogP) is 1.05. The van der Waals surface area contributed by atoms with E-state index in [0.717, 1.165) is 16.9 Å². The maximum atomic E-state index is 5.54. The van der Waals surface area contributed by atoms with E-state index in [1.165, 1.54) is 0 Å². The van der Waals surface area contributed by atoms with Gasteiger partial charge >= 0.3 is 0 Å². The smallest absolute Gasteiger partial charge is 0.124 e. The first-order valence-corrected chi connectivity index (χ1v) is 4.42. The second-order valence-electron chi connectivity index (χ2n) is 3.05. The third-order valence-corrected chi connectivity index (χ3v) is 2.10. The topological polar surface area (TPSA) is 44.5 Å². The molecule has 3 nitrogen and oxygen atoms in total. The van der Waals surface area contributed by atoms with Gasteiger partial charge in [-0.1, -0.05) is 6.07 Å². The molecule has 0 aromatic heterocycles. The van der Waals surface area contributed by atoms with Gasteiger partial charge in [-0.05, 0) is 17.7 Å².